The molecule has 0 radical (unpaired) electrons. The van der Waals surface area contributed by atoms with E-state index in [0.29, 0.717) is 15.9 Å². The molecule has 0 atom stereocenters. The van der Waals surface area contributed by atoms with E-state index in [1.165, 1.54) is 0 Å². The van der Waals surface area contributed by atoms with Gasteiger partial charge in [-0.15, -0.1) is 5.10 Å². The number of rotatable bonds is 2. The maximum Gasteiger partial charge on any atom is 0.408 e. The summed E-state index contributed by atoms with van der Waals surface area (Å²) >= 11 is 3.10. The lowest BCUT2D eigenvalue weighted by Crippen LogP contribution is -2.19. The summed E-state index contributed by atoms with van der Waals surface area (Å²) in [5.74, 6) is 0. The lowest BCUT2D eigenvalue weighted by molar-refractivity contribution is -0.142. The molecule has 0 amide bonds. The van der Waals surface area contributed by atoms with Crippen molar-refractivity contribution in [3.05, 3.63) is 34.9 Å². The molecule has 0 saturated heterocycles. The summed E-state index contributed by atoms with van der Waals surface area (Å²) in [7, 11) is 0. The van der Waals surface area contributed by atoms with Gasteiger partial charge in [0.25, 0.3) is 0 Å². The molecule has 1 aromatic carbocycles. The predicted octanol–water partition coefficient (Wildman–Crippen LogP) is 3.27. The van der Waals surface area contributed by atoms with Crippen LogP contribution < -0.4 is 0 Å². The van der Waals surface area contributed by atoms with E-state index in [1.807, 2.05) is 0 Å². The van der Waals surface area contributed by atoms with Gasteiger partial charge in [-0.2, -0.15) is 13.2 Å². The second-order valence-corrected chi connectivity index (χ2v) is 4.12. The second kappa shape index (κ2) is 4.48. The fourth-order valence-corrected chi connectivity index (χ4v) is 1.94. The molecule has 2 aromatic rings. The molecule has 0 aliphatic heterocycles. The molecule has 0 bridgehead atoms. The first kappa shape index (κ1) is 12.1. The van der Waals surface area contributed by atoms with E-state index in [1.54, 1.807) is 30.3 Å². The Morgan fingerprint density at radius 2 is 1.82 bits per heavy atom. The molecule has 1 aromatic heterocycles. The first-order valence-electron chi connectivity index (χ1n) is 4.68. The lowest BCUT2D eigenvalue weighted by Gasteiger charge is -2.09. The quantitative estimate of drug-likeness (QED) is 0.852. The molecule has 0 N–H and O–H groups in total. The second-order valence-electron chi connectivity index (χ2n) is 3.37. The summed E-state index contributed by atoms with van der Waals surface area (Å²) in [6.45, 7) is -1.16. The number of hydrogen-bond donors (Lipinski definition) is 0. The van der Waals surface area contributed by atoms with Crippen LogP contribution in [-0.2, 0) is 6.54 Å². The van der Waals surface area contributed by atoms with E-state index in [4.69, 9.17) is 0 Å². The standard InChI is InChI=1S/C10H7BrF3N3/c11-9-8(7-4-2-1-3-5-7)17(16-15-9)6-10(12,13)14/h1-5H,6H2. The average Bonchev–Trinajstić information content (AvgIpc) is 2.58. The Labute approximate surface area is 103 Å². The van der Waals surface area contributed by atoms with E-state index < -0.39 is 12.7 Å². The van der Waals surface area contributed by atoms with Crippen LogP contribution in [0.5, 0.6) is 0 Å². The average molecular weight is 306 g/mol. The maximum atomic E-state index is 12.3. The van der Waals surface area contributed by atoms with Crippen LogP contribution in [0.4, 0.5) is 13.2 Å². The Kier molecular flexibility index (Phi) is 3.19. The first-order chi connectivity index (χ1) is 7.97. The van der Waals surface area contributed by atoms with Gasteiger partial charge in [-0.05, 0) is 15.9 Å². The Hall–Kier alpha value is -1.37. The van der Waals surface area contributed by atoms with Gasteiger partial charge < -0.3 is 0 Å². The molecule has 90 valence electrons. The van der Waals surface area contributed by atoms with Crippen molar-refractivity contribution in [1.82, 2.24) is 15.0 Å². The maximum absolute atomic E-state index is 12.3. The highest BCUT2D eigenvalue weighted by atomic mass is 79.9. The Bertz CT molecular complexity index is 507. The third-order valence-electron chi connectivity index (χ3n) is 2.07. The minimum absolute atomic E-state index is 0.299. The summed E-state index contributed by atoms with van der Waals surface area (Å²) < 4.78 is 38.2. The van der Waals surface area contributed by atoms with Gasteiger partial charge in [0.15, 0.2) is 4.60 Å². The fraction of sp³-hybridized carbons (Fsp3) is 0.200. The highest BCUT2D eigenvalue weighted by Gasteiger charge is 2.30. The van der Waals surface area contributed by atoms with Crippen molar-refractivity contribution in [1.29, 1.82) is 0 Å². The Morgan fingerprint density at radius 1 is 1.18 bits per heavy atom. The Balaban J connectivity index is 2.44. The summed E-state index contributed by atoms with van der Waals surface area (Å²) in [6.07, 6.45) is -4.32. The monoisotopic (exact) mass is 305 g/mol. The van der Waals surface area contributed by atoms with Crippen molar-refractivity contribution in [3.8, 4) is 11.3 Å². The van der Waals surface area contributed by atoms with Crippen LogP contribution in [0.15, 0.2) is 34.9 Å². The largest absolute Gasteiger partial charge is 0.408 e. The number of benzene rings is 1. The molecular weight excluding hydrogens is 299 g/mol. The Morgan fingerprint density at radius 3 is 2.41 bits per heavy atom. The van der Waals surface area contributed by atoms with E-state index in [-0.39, 0.29) is 0 Å². The summed E-state index contributed by atoms with van der Waals surface area (Å²) in [4.78, 5) is 0. The fourth-order valence-electron chi connectivity index (χ4n) is 1.44. The van der Waals surface area contributed by atoms with E-state index in [0.717, 1.165) is 4.68 Å². The zero-order valence-corrected chi connectivity index (χ0v) is 10.0. The van der Waals surface area contributed by atoms with Gasteiger partial charge in [-0.3, -0.25) is 0 Å². The van der Waals surface area contributed by atoms with Crippen LogP contribution in [0.1, 0.15) is 0 Å². The first-order valence-corrected chi connectivity index (χ1v) is 5.48. The predicted molar refractivity (Wildman–Crippen MR) is 59.2 cm³/mol. The third-order valence-corrected chi connectivity index (χ3v) is 2.60. The number of nitrogens with zero attached hydrogens (tertiary/aromatic N) is 3. The molecule has 0 unspecified atom stereocenters. The molecule has 3 nitrogen and oxygen atoms in total. The van der Waals surface area contributed by atoms with Gasteiger partial charge in [0, 0.05) is 5.56 Å². The van der Waals surface area contributed by atoms with Crippen LogP contribution in [0, 0.1) is 0 Å². The molecule has 17 heavy (non-hydrogen) atoms. The van der Waals surface area contributed by atoms with Crippen molar-refractivity contribution in [2.24, 2.45) is 0 Å². The van der Waals surface area contributed by atoms with Gasteiger partial charge in [0.1, 0.15) is 12.2 Å². The number of aromatic nitrogens is 3. The van der Waals surface area contributed by atoms with Crippen molar-refractivity contribution in [2.75, 3.05) is 0 Å². The number of hydrogen-bond acceptors (Lipinski definition) is 2. The minimum atomic E-state index is -4.32. The normalized spacial score (nSPS) is 11.8. The molecule has 1 heterocycles. The summed E-state index contributed by atoms with van der Waals surface area (Å²) in [5.41, 5.74) is 0.955. The molecule has 0 aliphatic rings. The third kappa shape index (κ3) is 2.85. The van der Waals surface area contributed by atoms with Crippen LogP contribution in [-0.4, -0.2) is 21.2 Å². The molecule has 0 aliphatic carbocycles. The van der Waals surface area contributed by atoms with E-state index in [9.17, 15) is 13.2 Å². The molecule has 7 heteroatoms. The van der Waals surface area contributed by atoms with Crippen molar-refractivity contribution >= 4 is 15.9 Å². The molecular formula is C10H7BrF3N3. The number of alkyl halides is 3. The molecule has 0 fully saturated rings. The van der Waals surface area contributed by atoms with E-state index in [2.05, 4.69) is 26.2 Å². The van der Waals surface area contributed by atoms with Gasteiger partial charge in [-0.25, -0.2) is 4.68 Å². The van der Waals surface area contributed by atoms with Crippen LogP contribution in [0.3, 0.4) is 0 Å². The van der Waals surface area contributed by atoms with Crippen molar-refractivity contribution < 1.29 is 13.2 Å². The van der Waals surface area contributed by atoms with Gasteiger partial charge in [-0.1, -0.05) is 35.5 Å². The summed E-state index contributed by atoms with van der Waals surface area (Å²) in [5, 5.41) is 7.08. The van der Waals surface area contributed by atoms with E-state index >= 15 is 0 Å². The van der Waals surface area contributed by atoms with Crippen molar-refractivity contribution in [3.63, 3.8) is 0 Å². The minimum Gasteiger partial charge on any atom is -0.234 e. The smallest absolute Gasteiger partial charge is 0.234 e. The topological polar surface area (TPSA) is 30.7 Å². The summed E-state index contributed by atoms with van der Waals surface area (Å²) in [6, 6.07) is 8.68. The van der Waals surface area contributed by atoms with Crippen LogP contribution >= 0.6 is 15.9 Å². The molecule has 0 saturated carbocycles. The van der Waals surface area contributed by atoms with Gasteiger partial charge in [0.05, 0.1) is 0 Å². The van der Waals surface area contributed by atoms with Gasteiger partial charge >= 0.3 is 6.18 Å². The zero-order chi connectivity index (χ0) is 12.5. The molecule has 2 rings (SSSR count). The zero-order valence-electron chi connectivity index (χ0n) is 8.45. The number of halogens is 4. The molecule has 0 spiro atoms. The van der Waals surface area contributed by atoms with Crippen LogP contribution in [0.2, 0.25) is 0 Å². The highest BCUT2D eigenvalue weighted by molar-refractivity contribution is 9.10. The lowest BCUT2D eigenvalue weighted by atomic mass is 10.2. The van der Waals surface area contributed by atoms with Gasteiger partial charge in [0.2, 0.25) is 0 Å². The highest BCUT2D eigenvalue weighted by Crippen LogP contribution is 2.28. The van der Waals surface area contributed by atoms with Crippen LogP contribution in [0.25, 0.3) is 11.3 Å². The van der Waals surface area contributed by atoms with Crippen molar-refractivity contribution in [2.45, 2.75) is 12.7 Å². The SMILES string of the molecule is FC(F)(F)Cn1nnc(Br)c1-c1ccccc1.